The fraction of sp³-hybridized carbons (Fsp3) is 0.429. The zero-order valence-electron chi connectivity index (χ0n) is 10.7. The molecule has 1 aromatic carbocycles. The Morgan fingerprint density at radius 2 is 2.32 bits per heavy atom. The number of nitrogens with one attached hydrogen (secondary N) is 2. The van der Waals surface area contributed by atoms with Gasteiger partial charge in [-0.3, -0.25) is 4.79 Å². The lowest BCUT2D eigenvalue weighted by Crippen LogP contribution is -2.46. The van der Waals surface area contributed by atoms with Crippen molar-refractivity contribution >= 4 is 27.5 Å². The molecular weight excluding hydrogens is 258 g/mol. The van der Waals surface area contributed by atoms with Crippen molar-refractivity contribution < 1.29 is 4.79 Å². The topological polar surface area (TPSA) is 54.0 Å². The molecule has 0 aliphatic carbocycles. The van der Waals surface area contributed by atoms with Crippen LogP contribution in [-0.4, -0.2) is 23.5 Å². The number of para-hydroxylation sites is 1. The number of thiazole rings is 1. The van der Waals surface area contributed by atoms with Crippen molar-refractivity contribution in [2.24, 2.45) is 0 Å². The summed E-state index contributed by atoms with van der Waals surface area (Å²) in [6.07, 6.45) is 3.24. The molecule has 1 fully saturated rings. The van der Waals surface area contributed by atoms with Gasteiger partial charge in [0.1, 0.15) is 5.01 Å². The van der Waals surface area contributed by atoms with Crippen LogP contribution in [0.5, 0.6) is 0 Å². The van der Waals surface area contributed by atoms with Gasteiger partial charge in [0.2, 0.25) is 5.91 Å². The SMILES string of the molecule is O=C(NCc1nc2ccccc2s1)[C@H]1CCCCN1. The van der Waals surface area contributed by atoms with E-state index in [-0.39, 0.29) is 11.9 Å². The minimum atomic E-state index is -0.0249. The first-order valence-corrected chi connectivity index (χ1v) is 7.50. The Balaban J connectivity index is 1.60. The van der Waals surface area contributed by atoms with Crippen molar-refractivity contribution in [3.63, 3.8) is 0 Å². The van der Waals surface area contributed by atoms with E-state index in [0.717, 1.165) is 29.9 Å². The van der Waals surface area contributed by atoms with E-state index in [4.69, 9.17) is 0 Å². The van der Waals surface area contributed by atoms with Crippen molar-refractivity contribution in [1.29, 1.82) is 0 Å². The van der Waals surface area contributed by atoms with Crippen LogP contribution in [0, 0.1) is 0 Å². The van der Waals surface area contributed by atoms with E-state index in [9.17, 15) is 4.79 Å². The molecule has 2 N–H and O–H groups in total. The molecule has 0 unspecified atom stereocenters. The van der Waals surface area contributed by atoms with Gasteiger partial charge in [-0.25, -0.2) is 4.98 Å². The molecule has 2 aromatic rings. The molecule has 1 aromatic heterocycles. The van der Waals surface area contributed by atoms with E-state index in [1.165, 1.54) is 11.1 Å². The van der Waals surface area contributed by atoms with Crippen LogP contribution in [-0.2, 0) is 11.3 Å². The van der Waals surface area contributed by atoms with E-state index < -0.39 is 0 Å². The molecule has 1 saturated heterocycles. The molecule has 0 radical (unpaired) electrons. The lowest BCUT2D eigenvalue weighted by atomic mass is 10.0. The van der Waals surface area contributed by atoms with Gasteiger partial charge in [0.05, 0.1) is 22.8 Å². The van der Waals surface area contributed by atoms with Gasteiger partial charge in [-0.2, -0.15) is 0 Å². The van der Waals surface area contributed by atoms with E-state index in [1.807, 2.05) is 18.2 Å². The smallest absolute Gasteiger partial charge is 0.237 e. The van der Waals surface area contributed by atoms with Crippen LogP contribution in [0.2, 0.25) is 0 Å². The van der Waals surface area contributed by atoms with Gasteiger partial charge >= 0.3 is 0 Å². The van der Waals surface area contributed by atoms with E-state index >= 15 is 0 Å². The largest absolute Gasteiger partial charge is 0.348 e. The molecule has 19 heavy (non-hydrogen) atoms. The maximum Gasteiger partial charge on any atom is 0.237 e. The van der Waals surface area contributed by atoms with E-state index in [1.54, 1.807) is 11.3 Å². The Morgan fingerprint density at radius 3 is 3.11 bits per heavy atom. The highest BCUT2D eigenvalue weighted by atomic mass is 32.1. The third-order valence-corrected chi connectivity index (χ3v) is 4.42. The van der Waals surface area contributed by atoms with Crippen LogP contribution in [0.15, 0.2) is 24.3 Å². The highest BCUT2D eigenvalue weighted by Crippen LogP contribution is 2.21. The molecular formula is C14H17N3OS. The Morgan fingerprint density at radius 1 is 1.42 bits per heavy atom. The molecule has 0 saturated carbocycles. The lowest BCUT2D eigenvalue weighted by molar-refractivity contribution is -0.123. The molecule has 1 amide bonds. The number of aromatic nitrogens is 1. The summed E-state index contributed by atoms with van der Waals surface area (Å²) in [5.74, 6) is 0.0963. The van der Waals surface area contributed by atoms with Crippen LogP contribution >= 0.6 is 11.3 Å². The molecule has 100 valence electrons. The first-order valence-electron chi connectivity index (χ1n) is 6.68. The first-order chi connectivity index (χ1) is 9.33. The number of hydrogen-bond acceptors (Lipinski definition) is 4. The lowest BCUT2D eigenvalue weighted by Gasteiger charge is -2.22. The van der Waals surface area contributed by atoms with Crippen molar-refractivity contribution in [2.45, 2.75) is 31.8 Å². The van der Waals surface area contributed by atoms with Crippen molar-refractivity contribution in [3.8, 4) is 0 Å². The van der Waals surface area contributed by atoms with Crippen LogP contribution in [0.4, 0.5) is 0 Å². The van der Waals surface area contributed by atoms with Crippen molar-refractivity contribution in [3.05, 3.63) is 29.3 Å². The normalized spacial score (nSPS) is 19.5. The summed E-state index contributed by atoms with van der Waals surface area (Å²) < 4.78 is 1.17. The maximum atomic E-state index is 12.0. The second-order valence-electron chi connectivity index (χ2n) is 4.80. The van der Waals surface area contributed by atoms with E-state index in [2.05, 4.69) is 21.7 Å². The van der Waals surface area contributed by atoms with Gasteiger partial charge in [-0.15, -0.1) is 11.3 Å². The molecule has 0 bridgehead atoms. The minimum Gasteiger partial charge on any atom is -0.348 e. The highest BCUT2D eigenvalue weighted by molar-refractivity contribution is 7.18. The predicted molar refractivity (Wildman–Crippen MR) is 77.1 cm³/mol. The third kappa shape index (κ3) is 2.93. The standard InChI is InChI=1S/C14H17N3OS/c18-14(11-6-3-4-8-15-11)16-9-13-17-10-5-1-2-7-12(10)19-13/h1-2,5,7,11,15H,3-4,6,8-9H2,(H,16,18)/t11-/m1/s1. The summed E-state index contributed by atoms with van der Waals surface area (Å²) >= 11 is 1.64. The van der Waals surface area contributed by atoms with Crippen LogP contribution < -0.4 is 10.6 Å². The fourth-order valence-electron chi connectivity index (χ4n) is 2.36. The average molecular weight is 275 g/mol. The number of rotatable bonds is 3. The molecule has 5 heteroatoms. The van der Waals surface area contributed by atoms with Gasteiger partial charge in [-0.1, -0.05) is 18.6 Å². The summed E-state index contributed by atoms with van der Waals surface area (Å²) in [5, 5.41) is 7.19. The Bertz CT molecular complexity index is 542. The number of amides is 1. The molecule has 0 spiro atoms. The van der Waals surface area contributed by atoms with Gasteiger partial charge < -0.3 is 10.6 Å². The summed E-state index contributed by atoms with van der Waals surface area (Å²) in [7, 11) is 0. The number of carbonyl (C=O) groups excluding carboxylic acids is 1. The van der Waals surface area contributed by atoms with Gasteiger partial charge in [0.25, 0.3) is 0 Å². The summed E-state index contributed by atoms with van der Waals surface area (Å²) in [5.41, 5.74) is 1.01. The minimum absolute atomic E-state index is 0.0249. The van der Waals surface area contributed by atoms with Crippen LogP contribution in [0.3, 0.4) is 0 Å². The van der Waals surface area contributed by atoms with Gasteiger partial charge in [0.15, 0.2) is 0 Å². The van der Waals surface area contributed by atoms with E-state index in [0.29, 0.717) is 6.54 Å². The molecule has 1 aliphatic heterocycles. The number of fused-ring (bicyclic) bond motifs is 1. The number of hydrogen-bond donors (Lipinski definition) is 2. The number of nitrogens with zero attached hydrogens (tertiary/aromatic N) is 1. The number of piperidine rings is 1. The maximum absolute atomic E-state index is 12.0. The number of benzene rings is 1. The Labute approximate surface area is 116 Å². The zero-order chi connectivity index (χ0) is 13.1. The molecule has 1 atom stereocenters. The summed E-state index contributed by atoms with van der Waals surface area (Å²) in [6, 6.07) is 8.02. The molecule has 1 aliphatic rings. The fourth-order valence-corrected chi connectivity index (χ4v) is 3.26. The second-order valence-corrected chi connectivity index (χ2v) is 5.91. The zero-order valence-corrected chi connectivity index (χ0v) is 11.5. The van der Waals surface area contributed by atoms with Crippen molar-refractivity contribution in [2.75, 3.05) is 6.54 Å². The number of carbonyl (C=O) groups is 1. The van der Waals surface area contributed by atoms with Gasteiger partial charge in [0, 0.05) is 0 Å². The summed E-state index contributed by atoms with van der Waals surface area (Å²) in [6.45, 7) is 1.47. The first kappa shape index (κ1) is 12.6. The Hall–Kier alpha value is -1.46. The molecule has 4 nitrogen and oxygen atoms in total. The quantitative estimate of drug-likeness (QED) is 0.901. The van der Waals surface area contributed by atoms with Gasteiger partial charge in [-0.05, 0) is 31.5 Å². The van der Waals surface area contributed by atoms with Crippen LogP contribution in [0.1, 0.15) is 24.3 Å². The second kappa shape index (κ2) is 5.67. The van der Waals surface area contributed by atoms with Crippen molar-refractivity contribution in [1.82, 2.24) is 15.6 Å². The molecule has 2 heterocycles. The van der Waals surface area contributed by atoms with Crippen LogP contribution in [0.25, 0.3) is 10.2 Å². The predicted octanol–water partition coefficient (Wildman–Crippen LogP) is 2.05. The average Bonchev–Trinajstić information content (AvgIpc) is 2.88. The third-order valence-electron chi connectivity index (χ3n) is 3.38. The highest BCUT2D eigenvalue weighted by Gasteiger charge is 2.20. The summed E-state index contributed by atoms with van der Waals surface area (Å²) in [4.78, 5) is 16.5. The monoisotopic (exact) mass is 275 g/mol. The molecule has 3 rings (SSSR count). The Kier molecular flexibility index (Phi) is 3.75.